The van der Waals surface area contributed by atoms with Crippen LogP contribution in [0.25, 0.3) is 0 Å². The molecule has 3 nitrogen and oxygen atoms in total. The molecule has 1 atom stereocenters. The Bertz CT molecular complexity index is 192. The Morgan fingerprint density at radius 2 is 2.00 bits per heavy atom. The van der Waals surface area contributed by atoms with Crippen LogP contribution in [0.1, 0.15) is 40.0 Å². The Labute approximate surface area is 79.6 Å². The summed E-state index contributed by atoms with van der Waals surface area (Å²) < 4.78 is 5.19. The molecule has 1 aliphatic carbocycles. The maximum atomic E-state index is 11.4. The van der Waals surface area contributed by atoms with Gasteiger partial charge in [0.25, 0.3) is 0 Å². The van der Waals surface area contributed by atoms with Crippen molar-refractivity contribution in [2.75, 3.05) is 0 Å². The third-order valence-electron chi connectivity index (χ3n) is 2.34. The van der Waals surface area contributed by atoms with Crippen LogP contribution in [0.15, 0.2) is 0 Å². The number of hydrogen-bond donors (Lipinski definition) is 1. The summed E-state index contributed by atoms with van der Waals surface area (Å²) in [6.07, 6.45) is 3.34. The summed E-state index contributed by atoms with van der Waals surface area (Å²) in [6, 6.07) is -0.409. The minimum Gasteiger partial charge on any atom is -0.459 e. The molecule has 1 saturated carbocycles. The lowest BCUT2D eigenvalue weighted by Gasteiger charge is -2.31. The molecule has 0 heterocycles. The van der Waals surface area contributed by atoms with E-state index in [9.17, 15) is 4.79 Å². The van der Waals surface area contributed by atoms with E-state index in [1.807, 2.05) is 20.8 Å². The average molecular weight is 185 g/mol. The molecule has 0 aromatic rings. The van der Waals surface area contributed by atoms with Crippen molar-refractivity contribution in [2.24, 2.45) is 11.7 Å². The number of carbonyl (C=O) groups excluding carboxylic acids is 1. The number of hydrogen-bond acceptors (Lipinski definition) is 3. The van der Waals surface area contributed by atoms with Gasteiger partial charge in [-0.25, -0.2) is 0 Å². The Morgan fingerprint density at radius 1 is 1.46 bits per heavy atom. The van der Waals surface area contributed by atoms with Gasteiger partial charge in [-0.05, 0) is 39.5 Å². The highest BCUT2D eigenvalue weighted by molar-refractivity contribution is 5.76. The molecule has 1 fully saturated rings. The summed E-state index contributed by atoms with van der Waals surface area (Å²) in [6.45, 7) is 5.58. The van der Waals surface area contributed by atoms with Crippen LogP contribution in [-0.4, -0.2) is 17.6 Å². The van der Waals surface area contributed by atoms with Gasteiger partial charge in [0.1, 0.15) is 11.6 Å². The van der Waals surface area contributed by atoms with Gasteiger partial charge in [-0.1, -0.05) is 6.42 Å². The number of nitrogens with two attached hydrogens (primary N) is 1. The first-order valence-corrected chi connectivity index (χ1v) is 4.88. The third-order valence-corrected chi connectivity index (χ3v) is 2.34. The molecule has 1 unspecified atom stereocenters. The highest BCUT2D eigenvalue weighted by Gasteiger charge is 2.32. The first-order valence-electron chi connectivity index (χ1n) is 4.88. The summed E-state index contributed by atoms with van der Waals surface area (Å²) in [5.41, 5.74) is 5.34. The highest BCUT2D eigenvalue weighted by Crippen LogP contribution is 2.29. The first-order chi connectivity index (χ1) is 5.90. The van der Waals surface area contributed by atoms with Crippen LogP contribution < -0.4 is 5.73 Å². The van der Waals surface area contributed by atoms with Crippen molar-refractivity contribution in [2.45, 2.75) is 51.7 Å². The molecule has 0 aliphatic heterocycles. The summed E-state index contributed by atoms with van der Waals surface area (Å²) in [4.78, 5) is 11.4. The van der Waals surface area contributed by atoms with Crippen molar-refractivity contribution in [1.29, 1.82) is 0 Å². The summed E-state index contributed by atoms with van der Waals surface area (Å²) in [7, 11) is 0. The Hall–Kier alpha value is -0.570. The SMILES string of the molecule is CC(C)(C)OC(=O)C(N)C1CCC1. The standard InChI is InChI=1S/C10H19NO2/c1-10(2,3)13-9(12)8(11)7-5-4-6-7/h7-8H,4-6,11H2,1-3H3. The van der Waals surface area contributed by atoms with E-state index in [4.69, 9.17) is 10.5 Å². The molecule has 0 radical (unpaired) electrons. The van der Waals surface area contributed by atoms with Crippen molar-refractivity contribution < 1.29 is 9.53 Å². The summed E-state index contributed by atoms with van der Waals surface area (Å²) in [5.74, 6) is 0.104. The van der Waals surface area contributed by atoms with Crippen molar-refractivity contribution >= 4 is 5.97 Å². The van der Waals surface area contributed by atoms with Crippen molar-refractivity contribution in [3.8, 4) is 0 Å². The van der Waals surface area contributed by atoms with Gasteiger partial charge in [0.2, 0.25) is 0 Å². The van der Waals surface area contributed by atoms with E-state index < -0.39 is 11.6 Å². The molecule has 0 spiro atoms. The fourth-order valence-corrected chi connectivity index (χ4v) is 1.36. The summed E-state index contributed by atoms with van der Waals surface area (Å²) >= 11 is 0. The van der Waals surface area contributed by atoms with Gasteiger partial charge < -0.3 is 10.5 Å². The number of rotatable bonds is 2. The second-order valence-corrected chi connectivity index (χ2v) is 4.75. The molecular formula is C10H19NO2. The third kappa shape index (κ3) is 2.99. The molecule has 3 heteroatoms. The predicted molar refractivity (Wildman–Crippen MR) is 51.2 cm³/mol. The van der Waals surface area contributed by atoms with Crippen molar-refractivity contribution in [3.63, 3.8) is 0 Å². The maximum absolute atomic E-state index is 11.4. The number of ether oxygens (including phenoxy) is 1. The molecule has 76 valence electrons. The lowest BCUT2D eigenvalue weighted by molar-refractivity contribution is -0.158. The van der Waals surface area contributed by atoms with Crippen LogP contribution in [0.2, 0.25) is 0 Å². The minimum atomic E-state index is -0.418. The predicted octanol–water partition coefficient (Wildman–Crippen LogP) is 1.46. The molecule has 1 rings (SSSR count). The molecule has 0 saturated heterocycles. The van der Waals surface area contributed by atoms with Crippen LogP contribution in [0.5, 0.6) is 0 Å². The van der Waals surface area contributed by atoms with Crippen LogP contribution in [0.3, 0.4) is 0 Å². The summed E-state index contributed by atoms with van der Waals surface area (Å²) in [5, 5.41) is 0. The van der Waals surface area contributed by atoms with Crippen LogP contribution >= 0.6 is 0 Å². The van der Waals surface area contributed by atoms with E-state index in [1.165, 1.54) is 6.42 Å². The molecule has 0 aromatic carbocycles. The quantitative estimate of drug-likeness (QED) is 0.662. The van der Waals surface area contributed by atoms with Gasteiger partial charge in [0.05, 0.1) is 0 Å². The van der Waals surface area contributed by atoms with Gasteiger partial charge in [-0.2, -0.15) is 0 Å². The second-order valence-electron chi connectivity index (χ2n) is 4.75. The van der Waals surface area contributed by atoms with Crippen LogP contribution in [0, 0.1) is 5.92 Å². The maximum Gasteiger partial charge on any atom is 0.323 e. The van der Waals surface area contributed by atoms with E-state index in [-0.39, 0.29) is 5.97 Å². The fraction of sp³-hybridized carbons (Fsp3) is 0.900. The second kappa shape index (κ2) is 3.66. The lowest BCUT2D eigenvalue weighted by Crippen LogP contribution is -2.44. The Kier molecular flexibility index (Phi) is 2.96. The lowest BCUT2D eigenvalue weighted by atomic mass is 9.80. The zero-order valence-electron chi connectivity index (χ0n) is 8.67. The normalized spacial score (nSPS) is 20.6. The zero-order chi connectivity index (χ0) is 10.1. The van der Waals surface area contributed by atoms with Gasteiger partial charge in [0.15, 0.2) is 0 Å². The van der Waals surface area contributed by atoms with E-state index in [0.29, 0.717) is 5.92 Å². The molecular weight excluding hydrogens is 166 g/mol. The Morgan fingerprint density at radius 3 is 2.31 bits per heavy atom. The van der Waals surface area contributed by atoms with Gasteiger partial charge in [0, 0.05) is 0 Å². The molecule has 13 heavy (non-hydrogen) atoms. The van der Waals surface area contributed by atoms with Crippen molar-refractivity contribution in [3.05, 3.63) is 0 Å². The molecule has 2 N–H and O–H groups in total. The van der Waals surface area contributed by atoms with E-state index >= 15 is 0 Å². The first kappa shape index (κ1) is 10.5. The largest absolute Gasteiger partial charge is 0.459 e. The molecule has 0 aromatic heterocycles. The fourth-order valence-electron chi connectivity index (χ4n) is 1.36. The number of esters is 1. The van der Waals surface area contributed by atoms with E-state index in [1.54, 1.807) is 0 Å². The van der Waals surface area contributed by atoms with E-state index in [2.05, 4.69) is 0 Å². The Balaban J connectivity index is 2.38. The van der Waals surface area contributed by atoms with Gasteiger partial charge >= 0.3 is 5.97 Å². The number of carbonyl (C=O) groups is 1. The zero-order valence-corrected chi connectivity index (χ0v) is 8.67. The molecule has 1 aliphatic rings. The highest BCUT2D eigenvalue weighted by atomic mass is 16.6. The van der Waals surface area contributed by atoms with Crippen LogP contribution in [-0.2, 0) is 9.53 Å². The molecule has 0 amide bonds. The van der Waals surface area contributed by atoms with E-state index in [0.717, 1.165) is 12.8 Å². The van der Waals surface area contributed by atoms with Crippen LogP contribution in [0.4, 0.5) is 0 Å². The smallest absolute Gasteiger partial charge is 0.323 e. The van der Waals surface area contributed by atoms with Gasteiger partial charge in [-0.15, -0.1) is 0 Å². The van der Waals surface area contributed by atoms with Crippen molar-refractivity contribution in [1.82, 2.24) is 0 Å². The monoisotopic (exact) mass is 185 g/mol. The minimum absolute atomic E-state index is 0.253. The van der Waals surface area contributed by atoms with Gasteiger partial charge in [-0.3, -0.25) is 4.79 Å². The molecule has 0 bridgehead atoms. The average Bonchev–Trinajstić information content (AvgIpc) is 1.78. The topological polar surface area (TPSA) is 52.3 Å².